The highest BCUT2D eigenvalue weighted by molar-refractivity contribution is 5.27. The van der Waals surface area contributed by atoms with Crippen LogP contribution in [0, 0.1) is 46.3 Å². The molecule has 16 heteroatoms. The third-order valence-corrected chi connectivity index (χ3v) is 18.4. The molecule has 0 aromatic heterocycles. The largest absolute Gasteiger partial charge is 0.394 e. The molecule has 5 aliphatic carbocycles. The first-order chi connectivity index (χ1) is 29.4. The van der Waals surface area contributed by atoms with Crippen molar-refractivity contribution in [1.82, 2.24) is 0 Å². The molecule has 4 heterocycles. The van der Waals surface area contributed by atoms with Crippen molar-refractivity contribution in [2.75, 3.05) is 13.2 Å². The second kappa shape index (κ2) is 17.3. The summed E-state index contributed by atoms with van der Waals surface area (Å²) in [4.78, 5) is 0. The molecule has 1 spiro atoms. The van der Waals surface area contributed by atoms with E-state index in [-0.39, 0.29) is 22.5 Å². The van der Waals surface area contributed by atoms with Gasteiger partial charge in [-0.1, -0.05) is 39.3 Å². The van der Waals surface area contributed by atoms with Gasteiger partial charge in [0.15, 0.2) is 18.9 Å². The predicted octanol–water partition coefficient (Wildman–Crippen LogP) is 1.02. The van der Waals surface area contributed by atoms with Gasteiger partial charge in [0.25, 0.3) is 0 Å². The zero-order valence-corrected chi connectivity index (χ0v) is 36.9. The average Bonchev–Trinajstić information content (AvgIpc) is 3.70. The fourth-order valence-electron chi connectivity index (χ4n) is 14.5. The molecule has 16 nitrogen and oxygen atoms in total. The van der Waals surface area contributed by atoms with E-state index in [9.17, 15) is 46.0 Å². The maximum Gasteiger partial charge on any atom is 0.187 e. The van der Waals surface area contributed by atoms with E-state index in [0.717, 1.165) is 25.2 Å². The lowest BCUT2D eigenvalue weighted by Crippen LogP contribution is -2.65. The second-order valence-electron chi connectivity index (χ2n) is 21.6. The van der Waals surface area contributed by atoms with Crippen LogP contribution in [0.4, 0.5) is 0 Å². The molecule has 0 bridgehead atoms. The molecule has 0 aromatic carbocycles. The third-order valence-electron chi connectivity index (χ3n) is 18.4. The van der Waals surface area contributed by atoms with Crippen LogP contribution in [-0.2, 0) is 33.2 Å². The summed E-state index contributed by atoms with van der Waals surface area (Å²) in [5.41, 5.74) is 1.66. The number of ether oxygens (including phenoxy) is 7. The van der Waals surface area contributed by atoms with Crippen LogP contribution in [-0.4, -0.2) is 169 Å². The summed E-state index contributed by atoms with van der Waals surface area (Å²) in [6.45, 7) is 10.3. The Morgan fingerprint density at radius 1 is 0.677 bits per heavy atom. The Morgan fingerprint density at radius 3 is 2.08 bits per heavy atom. The van der Waals surface area contributed by atoms with E-state index in [1.165, 1.54) is 51.0 Å². The van der Waals surface area contributed by atoms with Crippen molar-refractivity contribution < 1.29 is 79.1 Å². The standard InChI is InChI=1S/C46H74O16/c1-20-8-14-46(15-9-20)21(2)31-28(62-46)17-27-25-7-6-23-16-24(10-12-44(23,4)26(25)11-13-45(27,31)5)58-43-40(61-42-39(55)35(51)32(48)22(3)57-42)37(53)34(50)30(60-43)19-56-41-38(54)36(52)33(49)29(18-47)59-41/h6,20-22,24-43,47-55H,7-19H2,1-5H3/t20?,21-,22-,24-,25+,26-,27-,28-,29+,30+,31-,32-,33+,34+,35+,36-,37-,38+,39+,40+,41+,42-,43+,44-,45-,46?/m0/s1. The molecular weight excluding hydrogens is 808 g/mol. The molecule has 4 saturated heterocycles. The van der Waals surface area contributed by atoms with Crippen LogP contribution in [0.3, 0.4) is 0 Å². The number of hydrogen-bond donors (Lipinski definition) is 9. The van der Waals surface area contributed by atoms with Crippen LogP contribution in [0.25, 0.3) is 0 Å². The molecule has 62 heavy (non-hydrogen) atoms. The van der Waals surface area contributed by atoms with Crippen LogP contribution in [0.5, 0.6) is 0 Å². The highest BCUT2D eigenvalue weighted by atomic mass is 16.8. The van der Waals surface area contributed by atoms with Gasteiger partial charge < -0.3 is 79.1 Å². The molecule has 8 fully saturated rings. The zero-order valence-electron chi connectivity index (χ0n) is 36.9. The summed E-state index contributed by atoms with van der Waals surface area (Å²) in [6.07, 6.45) is -8.17. The zero-order chi connectivity index (χ0) is 44.2. The molecule has 9 rings (SSSR count). The van der Waals surface area contributed by atoms with E-state index in [1.54, 1.807) is 0 Å². The van der Waals surface area contributed by atoms with Gasteiger partial charge in [0.2, 0.25) is 0 Å². The van der Waals surface area contributed by atoms with Gasteiger partial charge >= 0.3 is 0 Å². The Morgan fingerprint density at radius 2 is 1.35 bits per heavy atom. The number of rotatable bonds is 8. The van der Waals surface area contributed by atoms with Gasteiger partial charge in [0.05, 0.1) is 37.1 Å². The lowest BCUT2D eigenvalue weighted by Gasteiger charge is -2.59. The first-order valence-electron chi connectivity index (χ1n) is 23.7. The van der Waals surface area contributed by atoms with Crippen LogP contribution >= 0.6 is 0 Å². The number of allylic oxidation sites excluding steroid dienone is 1. The molecular formula is C46H74O16. The number of fused-ring (bicyclic) bond motifs is 7. The second-order valence-corrected chi connectivity index (χ2v) is 21.6. The Hall–Kier alpha value is -0.900. The van der Waals surface area contributed by atoms with E-state index in [1.807, 2.05) is 0 Å². The van der Waals surface area contributed by atoms with Crippen LogP contribution in [0.1, 0.15) is 105 Å². The van der Waals surface area contributed by atoms with Gasteiger partial charge in [-0.25, -0.2) is 0 Å². The molecule has 0 radical (unpaired) electrons. The minimum atomic E-state index is -1.70. The van der Waals surface area contributed by atoms with Crippen LogP contribution < -0.4 is 0 Å². The molecule has 0 aromatic rings. The third kappa shape index (κ3) is 7.59. The van der Waals surface area contributed by atoms with Gasteiger partial charge in [0.1, 0.15) is 67.1 Å². The van der Waals surface area contributed by atoms with Crippen molar-refractivity contribution in [3.63, 3.8) is 0 Å². The summed E-state index contributed by atoms with van der Waals surface area (Å²) in [5, 5.41) is 95.4. The molecule has 354 valence electrons. The molecule has 24 atom stereocenters. The van der Waals surface area contributed by atoms with Crippen molar-refractivity contribution in [2.45, 2.75) is 215 Å². The fourth-order valence-corrected chi connectivity index (χ4v) is 14.5. The summed E-state index contributed by atoms with van der Waals surface area (Å²) < 4.78 is 43.2. The summed E-state index contributed by atoms with van der Waals surface area (Å²) >= 11 is 0. The van der Waals surface area contributed by atoms with Gasteiger partial charge in [-0.2, -0.15) is 0 Å². The Kier molecular flexibility index (Phi) is 12.9. The van der Waals surface area contributed by atoms with Crippen molar-refractivity contribution in [3.05, 3.63) is 11.6 Å². The Labute approximate surface area is 364 Å². The van der Waals surface area contributed by atoms with Crippen LogP contribution in [0.2, 0.25) is 0 Å². The predicted molar refractivity (Wildman–Crippen MR) is 217 cm³/mol. The van der Waals surface area contributed by atoms with E-state index < -0.39 is 105 Å². The summed E-state index contributed by atoms with van der Waals surface area (Å²) in [7, 11) is 0. The molecule has 9 N–H and O–H groups in total. The minimum absolute atomic E-state index is 0.0109. The number of aliphatic hydroxyl groups is 9. The molecule has 4 aliphatic heterocycles. The number of aliphatic hydroxyl groups excluding tert-OH is 9. The molecule has 9 aliphatic rings. The quantitative estimate of drug-likeness (QED) is 0.155. The monoisotopic (exact) mass is 882 g/mol. The smallest absolute Gasteiger partial charge is 0.187 e. The maximum absolute atomic E-state index is 11.6. The van der Waals surface area contributed by atoms with Gasteiger partial charge in [-0.05, 0) is 124 Å². The van der Waals surface area contributed by atoms with Gasteiger partial charge in [-0.15, -0.1) is 0 Å². The fraction of sp³-hybridized carbons (Fsp3) is 0.957. The van der Waals surface area contributed by atoms with E-state index in [0.29, 0.717) is 48.5 Å². The Balaban J connectivity index is 0.903. The van der Waals surface area contributed by atoms with Crippen molar-refractivity contribution >= 4 is 0 Å². The van der Waals surface area contributed by atoms with E-state index >= 15 is 0 Å². The molecule has 4 saturated carbocycles. The summed E-state index contributed by atoms with van der Waals surface area (Å²) in [6, 6.07) is 0. The van der Waals surface area contributed by atoms with Gasteiger partial charge in [-0.3, -0.25) is 0 Å². The topological polar surface area (TPSA) is 247 Å². The normalized spacial score (nSPS) is 57.6. The average molecular weight is 883 g/mol. The van der Waals surface area contributed by atoms with E-state index in [2.05, 4.69) is 33.8 Å². The Bertz CT molecular complexity index is 1610. The lowest BCUT2D eigenvalue weighted by molar-refractivity contribution is -0.375. The first-order valence-corrected chi connectivity index (χ1v) is 23.7. The SMILES string of the molecule is CC1CCC2(CC1)O[C@H]1C[C@H]3[C@@H]4CC=C5C[C@@H](O[C@@H]6O[C@H](CO[C@@H]7O[C@H](CO)[C@@H](O)[C@H](O)[C@H]7O)[C@@H](O)[C@H](O)[C@H]6O[C@@H]6O[C@@H](C)[C@H](O)[C@@H](O)[C@H]6O)CC[C@]5(C)[C@H]4CC[C@]3(C)[C@H]1[C@@H]2C. The highest BCUT2D eigenvalue weighted by Gasteiger charge is 2.68. The maximum atomic E-state index is 11.6. The first kappa shape index (κ1) is 46.2. The highest BCUT2D eigenvalue weighted by Crippen LogP contribution is 2.71. The number of hydrogen-bond acceptors (Lipinski definition) is 16. The van der Waals surface area contributed by atoms with Crippen molar-refractivity contribution in [2.24, 2.45) is 46.3 Å². The summed E-state index contributed by atoms with van der Waals surface area (Å²) in [5.74, 6) is 3.70. The minimum Gasteiger partial charge on any atom is -0.394 e. The molecule has 0 unspecified atom stereocenters. The molecule has 0 amide bonds. The lowest BCUT2D eigenvalue weighted by atomic mass is 9.46. The van der Waals surface area contributed by atoms with Crippen molar-refractivity contribution in [1.29, 1.82) is 0 Å². The van der Waals surface area contributed by atoms with Gasteiger partial charge in [0, 0.05) is 0 Å². The van der Waals surface area contributed by atoms with Crippen molar-refractivity contribution in [3.8, 4) is 0 Å². The van der Waals surface area contributed by atoms with E-state index in [4.69, 9.17) is 33.2 Å². The van der Waals surface area contributed by atoms with Crippen LogP contribution in [0.15, 0.2) is 11.6 Å².